The number of hydrogen-bond acceptors (Lipinski definition) is 7. The largest absolute Gasteiger partial charge is 0.400 e. The molecule has 0 saturated heterocycles. The van der Waals surface area contributed by atoms with E-state index in [0.717, 1.165) is 17.0 Å². The third-order valence-electron chi connectivity index (χ3n) is 4.26. The molecule has 25 heavy (non-hydrogen) atoms. The van der Waals surface area contributed by atoms with Gasteiger partial charge < -0.3 is 20.9 Å². The Kier molecular flexibility index (Phi) is 3.86. The van der Waals surface area contributed by atoms with Crippen molar-refractivity contribution in [2.75, 3.05) is 6.54 Å². The van der Waals surface area contributed by atoms with Gasteiger partial charge in [-0.05, 0) is 30.4 Å². The van der Waals surface area contributed by atoms with E-state index in [1.165, 1.54) is 23.4 Å². The third-order valence-corrected chi connectivity index (χ3v) is 4.26. The molecule has 130 valence electrons. The molecule has 0 spiro atoms. The van der Waals surface area contributed by atoms with Crippen LogP contribution < -0.4 is 17.3 Å². The molecule has 3 heterocycles. The lowest BCUT2D eigenvalue weighted by atomic mass is 10.2. The number of hydrazine groups is 1. The Morgan fingerprint density at radius 3 is 2.72 bits per heavy atom. The molecule has 0 amide bonds. The maximum atomic E-state index is 5.97. The molecule has 0 bridgehead atoms. The zero-order valence-corrected chi connectivity index (χ0v) is 13.8. The summed E-state index contributed by atoms with van der Waals surface area (Å²) in [5.41, 5.74) is 15.7. The van der Waals surface area contributed by atoms with Crippen LogP contribution >= 0.6 is 0 Å². The molecule has 0 aliphatic heterocycles. The summed E-state index contributed by atoms with van der Waals surface area (Å²) in [5.74, 6) is 6.60. The number of pyridine rings is 1. The van der Waals surface area contributed by atoms with Crippen LogP contribution in [0.25, 0.3) is 11.3 Å². The summed E-state index contributed by atoms with van der Waals surface area (Å²) in [6.45, 7) is 0.699. The van der Waals surface area contributed by atoms with Gasteiger partial charge in [0.1, 0.15) is 12.7 Å². The van der Waals surface area contributed by atoms with E-state index >= 15 is 0 Å². The van der Waals surface area contributed by atoms with Crippen molar-refractivity contribution in [1.29, 1.82) is 0 Å². The second kappa shape index (κ2) is 6.19. The Labute approximate surface area is 144 Å². The summed E-state index contributed by atoms with van der Waals surface area (Å²) in [6, 6.07) is 2.17. The molecular weight excluding hydrogens is 318 g/mol. The number of nitrogens with zero attached hydrogens (tertiary/aromatic N) is 6. The molecule has 1 aliphatic rings. The molecular formula is C16H21N9. The maximum absolute atomic E-state index is 5.97. The van der Waals surface area contributed by atoms with Crippen LogP contribution in [0.5, 0.6) is 0 Å². The van der Waals surface area contributed by atoms with E-state index in [-0.39, 0.29) is 6.54 Å². The standard InChI is InChI=1S/C16H21N9/c17-4-13(18)6-25(19)8-14-7-23-5-12(11-1-2-11)3-15(16(23)22-14)24-9-20-21-10-24/h3,5-7,9-11H,1-2,4,8,17-19H2/b13-6-. The molecule has 1 aliphatic carbocycles. The highest BCUT2D eigenvalue weighted by molar-refractivity contribution is 5.61. The van der Waals surface area contributed by atoms with Crippen LogP contribution in [0.15, 0.2) is 43.0 Å². The Morgan fingerprint density at radius 1 is 1.28 bits per heavy atom. The molecule has 3 aromatic heterocycles. The van der Waals surface area contributed by atoms with Gasteiger partial charge in [-0.2, -0.15) is 0 Å². The first-order chi connectivity index (χ1) is 12.1. The molecule has 1 fully saturated rings. The van der Waals surface area contributed by atoms with Gasteiger partial charge >= 0.3 is 0 Å². The predicted octanol–water partition coefficient (Wildman–Crippen LogP) is 0.227. The average Bonchev–Trinajstić information content (AvgIpc) is 3.14. The highest BCUT2D eigenvalue weighted by atomic mass is 15.4. The topological polar surface area (TPSA) is 129 Å². The van der Waals surface area contributed by atoms with Gasteiger partial charge in [0.2, 0.25) is 0 Å². The first-order valence-electron chi connectivity index (χ1n) is 8.18. The monoisotopic (exact) mass is 339 g/mol. The number of aromatic nitrogens is 5. The van der Waals surface area contributed by atoms with Crippen LogP contribution in [0.4, 0.5) is 0 Å². The van der Waals surface area contributed by atoms with Gasteiger partial charge in [0.05, 0.1) is 17.9 Å². The van der Waals surface area contributed by atoms with Crippen molar-refractivity contribution < 1.29 is 0 Å². The number of hydrogen-bond donors (Lipinski definition) is 3. The molecule has 9 nitrogen and oxygen atoms in total. The van der Waals surface area contributed by atoms with Crippen LogP contribution in [0.1, 0.15) is 30.0 Å². The van der Waals surface area contributed by atoms with E-state index in [0.29, 0.717) is 18.2 Å². The van der Waals surface area contributed by atoms with E-state index < -0.39 is 0 Å². The molecule has 6 N–H and O–H groups in total. The summed E-state index contributed by atoms with van der Waals surface area (Å²) < 4.78 is 3.92. The highest BCUT2D eigenvalue weighted by Gasteiger charge is 2.25. The number of fused-ring (bicyclic) bond motifs is 1. The summed E-state index contributed by atoms with van der Waals surface area (Å²) in [4.78, 5) is 4.73. The highest BCUT2D eigenvalue weighted by Crippen LogP contribution is 2.41. The molecule has 0 radical (unpaired) electrons. The van der Waals surface area contributed by atoms with E-state index in [1.807, 2.05) is 15.2 Å². The van der Waals surface area contributed by atoms with Crippen LogP contribution in [-0.2, 0) is 6.54 Å². The van der Waals surface area contributed by atoms with Gasteiger partial charge in [-0.1, -0.05) is 0 Å². The Bertz CT molecular complexity index is 905. The van der Waals surface area contributed by atoms with Crippen LogP contribution in [0.3, 0.4) is 0 Å². The lowest BCUT2D eigenvalue weighted by molar-refractivity contribution is 0.378. The molecule has 0 aromatic carbocycles. The Morgan fingerprint density at radius 2 is 2.04 bits per heavy atom. The SMILES string of the molecule is NC/C(N)=C/N(N)Cc1cn2cc(C3CC3)cc(-n3cnnc3)c2n1. The zero-order chi connectivity index (χ0) is 17.4. The van der Waals surface area contributed by atoms with E-state index in [1.54, 1.807) is 18.9 Å². The minimum atomic E-state index is 0.265. The second-order valence-corrected chi connectivity index (χ2v) is 6.35. The summed E-state index contributed by atoms with van der Waals surface area (Å²) in [6.07, 6.45) is 11.6. The van der Waals surface area contributed by atoms with E-state index in [2.05, 4.69) is 22.5 Å². The molecule has 0 atom stereocenters. The van der Waals surface area contributed by atoms with Crippen LogP contribution in [-0.4, -0.2) is 35.7 Å². The van der Waals surface area contributed by atoms with Gasteiger partial charge in [-0.15, -0.1) is 10.2 Å². The lowest BCUT2D eigenvalue weighted by Gasteiger charge is -2.12. The fourth-order valence-electron chi connectivity index (χ4n) is 2.88. The molecule has 9 heteroatoms. The molecule has 3 aromatic rings. The number of nitrogens with two attached hydrogens (primary N) is 3. The first-order valence-corrected chi connectivity index (χ1v) is 8.18. The Balaban J connectivity index is 1.73. The minimum Gasteiger partial charge on any atom is -0.400 e. The first kappa shape index (κ1) is 15.6. The predicted molar refractivity (Wildman–Crippen MR) is 93.1 cm³/mol. The van der Waals surface area contributed by atoms with E-state index in [4.69, 9.17) is 22.3 Å². The van der Waals surface area contributed by atoms with Crippen LogP contribution in [0, 0.1) is 0 Å². The maximum Gasteiger partial charge on any atom is 0.161 e. The summed E-state index contributed by atoms with van der Waals surface area (Å²) in [5, 5.41) is 9.30. The van der Waals surface area contributed by atoms with E-state index in [9.17, 15) is 0 Å². The number of imidazole rings is 1. The smallest absolute Gasteiger partial charge is 0.161 e. The number of rotatable bonds is 6. The van der Waals surface area contributed by atoms with Crippen molar-refractivity contribution in [1.82, 2.24) is 29.2 Å². The zero-order valence-electron chi connectivity index (χ0n) is 13.8. The minimum absolute atomic E-state index is 0.265. The molecule has 0 unspecified atom stereocenters. The normalized spacial score (nSPS) is 15.0. The van der Waals surface area contributed by atoms with Crippen molar-refractivity contribution in [3.63, 3.8) is 0 Å². The Hall–Kier alpha value is -2.91. The second-order valence-electron chi connectivity index (χ2n) is 6.35. The van der Waals surface area contributed by atoms with Gasteiger partial charge in [0.15, 0.2) is 5.65 Å². The fraction of sp³-hybridized carbons (Fsp3) is 0.312. The van der Waals surface area contributed by atoms with Crippen molar-refractivity contribution in [2.24, 2.45) is 17.3 Å². The van der Waals surface area contributed by atoms with Gasteiger partial charge in [-0.3, -0.25) is 4.57 Å². The van der Waals surface area contributed by atoms with Crippen molar-refractivity contribution in [2.45, 2.75) is 25.3 Å². The lowest BCUT2D eigenvalue weighted by Crippen LogP contribution is -2.27. The van der Waals surface area contributed by atoms with Crippen molar-refractivity contribution in [3.8, 4) is 5.69 Å². The van der Waals surface area contributed by atoms with Gasteiger partial charge in [-0.25, -0.2) is 10.8 Å². The van der Waals surface area contributed by atoms with Gasteiger partial charge in [0.25, 0.3) is 0 Å². The third kappa shape index (κ3) is 3.19. The van der Waals surface area contributed by atoms with Crippen LogP contribution in [0.2, 0.25) is 0 Å². The fourth-order valence-corrected chi connectivity index (χ4v) is 2.88. The summed E-state index contributed by atoms with van der Waals surface area (Å²) in [7, 11) is 0. The quantitative estimate of drug-likeness (QED) is 0.433. The van der Waals surface area contributed by atoms with Crippen molar-refractivity contribution >= 4 is 5.65 Å². The van der Waals surface area contributed by atoms with Gasteiger partial charge in [0, 0.05) is 30.8 Å². The van der Waals surface area contributed by atoms with Crippen molar-refractivity contribution in [3.05, 3.63) is 54.3 Å². The summed E-state index contributed by atoms with van der Waals surface area (Å²) >= 11 is 0. The molecule has 1 saturated carbocycles. The molecule has 4 rings (SSSR count). The average molecular weight is 339 g/mol.